The van der Waals surface area contributed by atoms with Crippen molar-refractivity contribution in [3.05, 3.63) is 287 Å². The lowest BCUT2D eigenvalue weighted by atomic mass is 9.64. The molecule has 0 saturated heterocycles. The van der Waals surface area contributed by atoms with Crippen LogP contribution in [0, 0.1) is 0 Å². The third kappa shape index (κ3) is 4.39. The van der Waals surface area contributed by atoms with Crippen molar-refractivity contribution < 1.29 is 0 Å². The quantitative estimate of drug-likeness (QED) is 0.175. The Morgan fingerprint density at radius 2 is 0.703 bits per heavy atom. The van der Waals surface area contributed by atoms with Crippen molar-refractivity contribution in [3.8, 4) is 33.4 Å². The average Bonchev–Trinajstić information content (AvgIpc) is 3.95. The Kier molecular flexibility index (Phi) is 7.28. The Morgan fingerprint density at radius 3 is 1.28 bits per heavy atom. The Balaban J connectivity index is 1.05. The number of fused-ring (bicyclic) bond motifs is 19. The third-order valence-corrected chi connectivity index (χ3v) is 14.7. The minimum atomic E-state index is -0.574. The van der Waals surface area contributed by atoms with E-state index in [0.717, 1.165) is 17.1 Å². The molecule has 2 nitrogen and oxygen atoms in total. The molecule has 0 N–H and O–H groups in total. The summed E-state index contributed by atoms with van der Waals surface area (Å²) in [6, 6.07) is 90.7. The standard InChI is InChI=1S/C62H40N2/c1-3-20-41(21-4-1)63(59-37-19-34-55-60(59)48-27-10-14-31-52(48)61(55)49-28-11-7-24-44(49)45-25-8-12-29-50(45)61)43-38-39-47-46-26-9-13-30-51(46)62(56(47)40-43)53-32-15-17-35-57(53)64(42-22-5-2-6-23-42)58-36-18-16-33-54(58)62/h1-40H. The van der Waals surface area contributed by atoms with Crippen LogP contribution in [0.25, 0.3) is 33.4 Å². The van der Waals surface area contributed by atoms with E-state index in [1.165, 1.54) is 95.0 Å². The van der Waals surface area contributed by atoms with Gasteiger partial charge in [0.15, 0.2) is 0 Å². The van der Waals surface area contributed by atoms with Gasteiger partial charge >= 0.3 is 0 Å². The lowest BCUT2D eigenvalue weighted by Gasteiger charge is -2.45. The molecule has 0 bridgehead atoms. The van der Waals surface area contributed by atoms with E-state index in [-0.39, 0.29) is 0 Å². The molecule has 0 saturated carbocycles. The van der Waals surface area contributed by atoms with Gasteiger partial charge in [0.2, 0.25) is 0 Å². The summed E-state index contributed by atoms with van der Waals surface area (Å²) in [7, 11) is 0. The number of nitrogens with zero attached hydrogens (tertiary/aromatic N) is 2. The van der Waals surface area contributed by atoms with Gasteiger partial charge in [0.05, 0.1) is 27.9 Å². The van der Waals surface area contributed by atoms with Gasteiger partial charge in [-0.3, -0.25) is 0 Å². The van der Waals surface area contributed by atoms with E-state index in [2.05, 4.69) is 252 Å². The normalized spacial score (nSPS) is 14.5. The van der Waals surface area contributed by atoms with Gasteiger partial charge in [-0.15, -0.1) is 0 Å². The molecule has 0 unspecified atom stereocenters. The van der Waals surface area contributed by atoms with Gasteiger partial charge in [-0.1, -0.05) is 188 Å². The predicted octanol–water partition coefficient (Wildman–Crippen LogP) is 15.6. The third-order valence-electron chi connectivity index (χ3n) is 14.7. The van der Waals surface area contributed by atoms with E-state index in [0.29, 0.717) is 0 Å². The highest BCUT2D eigenvalue weighted by Crippen LogP contribution is 2.66. The van der Waals surface area contributed by atoms with E-state index in [4.69, 9.17) is 0 Å². The van der Waals surface area contributed by atoms with Gasteiger partial charge in [0.1, 0.15) is 0 Å². The molecule has 10 aromatic rings. The number of benzene rings is 10. The molecule has 2 heteroatoms. The second-order valence-corrected chi connectivity index (χ2v) is 17.5. The van der Waals surface area contributed by atoms with Crippen LogP contribution in [0.2, 0.25) is 0 Å². The van der Waals surface area contributed by atoms with E-state index >= 15 is 0 Å². The second-order valence-electron chi connectivity index (χ2n) is 17.5. The summed E-state index contributed by atoms with van der Waals surface area (Å²) < 4.78 is 0. The lowest BCUT2D eigenvalue weighted by molar-refractivity contribution is 0.752. The minimum absolute atomic E-state index is 0.443. The van der Waals surface area contributed by atoms with Crippen molar-refractivity contribution in [1.29, 1.82) is 0 Å². The van der Waals surface area contributed by atoms with Crippen LogP contribution in [0.15, 0.2) is 243 Å². The van der Waals surface area contributed by atoms with Crippen molar-refractivity contribution in [2.24, 2.45) is 0 Å². The summed E-state index contributed by atoms with van der Waals surface area (Å²) in [4.78, 5) is 4.98. The Hall–Kier alpha value is -8.20. The van der Waals surface area contributed by atoms with Gasteiger partial charge < -0.3 is 9.80 Å². The van der Waals surface area contributed by atoms with Crippen LogP contribution in [0.4, 0.5) is 34.1 Å². The molecule has 0 aromatic heterocycles. The fourth-order valence-corrected chi connectivity index (χ4v) is 12.4. The Morgan fingerprint density at radius 1 is 0.281 bits per heavy atom. The molecule has 1 aliphatic heterocycles. The number of hydrogen-bond donors (Lipinski definition) is 0. The van der Waals surface area contributed by atoms with Crippen LogP contribution in [0.5, 0.6) is 0 Å². The summed E-state index contributed by atoms with van der Waals surface area (Å²) in [6.45, 7) is 0. The van der Waals surface area contributed by atoms with Crippen LogP contribution in [-0.4, -0.2) is 0 Å². The minimum Gasteiger partial charge on any atom is -0.310 e. The Labute approximate surface area is 373 Å². The molecular weight excluding hydrogens is 773 g/mol. The zero-order chi connectivity index (χ0) is 42.0. The van der Waals surface area contributed by atoms with E-state index in [9.17, 15) is 0 Å². The molecule has 4 aliphatic rings. The monoisotopic (exact) mass is 812 g/mol. The van der Waals surface area contributed by atoms with Crippen molar-refractivity contribution in [2.45, 2.75) is 10.8 Å². The van der Waals surface area contributed by atoms with Crippen LogP contribution in [-0.2, 0) is 10.8 Å². The SMILES string of the molecule is c1ccc(N(c2ccc3c(c2)C2(c4ccccc4-3)c3ccccc3N(c3ccccc3)c3ccccc32)c2cccc3c2-c2ccccc2C32c3ccccc3-c3ccccc32)cc1. The molecule has 2 spiro atoms. The molecular formula is C62H40N2. The van der Waals surface area contributed by atoms with Gasteiger partial charge in [-0.25, -0.2) is 0 Å². The topological polar surface area (TPSA) is 6.48 Å². The number of rotatable bonds is 4. The molecule has 10 aromatic carbocycles. The average molecular weight is 813 g/mol. The molecule has 0 atom stereocenters. The van der Waals surface area contributed by atoms with E-state index in [1.54, 1.807) is 0 Å². The summed E-state index contributed by atoms with van der Waals surface area (Å²) in [5, 5.41) is 0. The number of hydrogen-bond acceptors (Lipinski definition) is 2. The Bertz CT molecular complexity index is 3440. The van der Waals surface area contributed by atoms with Crippen molar-refractivity contribution >= 4 is 34.1 Å². The van der Waals surface area contributed by atoms with Gasteiger partial charge in [0.25, 0.3) is 0 Å². The highest BCUT2D eigenvalue weighted by molar-refractivity contribution is 6.02. The maximum absolute atomic E-state index is 2.52. The molecule has 298 valence electrons. The van der Waals surface area contributed by atoms with Crippen LogP contribution in [0.3, 0.4) is 0 Å². The van der Waals surface area contributed by atoms with E-state index in [1.807, 2.05) is 0 Å². The number of anilines is 6. The second kappa shape index (κ2) is 13.2. The van der Waals surface area contributed by atoms with E-state index < -0.39 is 10.8 Å². The van der Waals surface area contributed by atoms with Gasteiger partial charge in [0, 0.05) is 22.6 Å². The van der Waals surface area contributed by atoms with Crippen LogP contribution in [0.1, 0.15) is 44.5 Å². The summed E-state index contributed by atoms with van der Waals surface area (Å²) in [6.07, 6.45) is 0. The van der Waals surface area contributed by atoms with Crippen molar-refractivity contribution in [2.75, 3.05) is 9.80 Å². The first kappa shape index (κ1) is 35.4. The predicted molar refractivity (Wildman–Crippen MR) is 263 cm³/mol. The molecule has 1 heterocycles. The van der Waals surface area contributed by atoms with Gasteiger partial charge in [-0.05, 0) is 127 Å². The summed E-state index contributed by atoms with van der Waals surface area (Å²) in [5.41, 5.74) is 24.2. The van der Waals surface area contributed by atoms with Crippen molar-refractivity contribution in [3.63, 3.8) is 0 Å². The highest BCUT2D eigenvalue weighted by atomic mass is 15.2. The van der Waals surface area contributed by atoms with Gasteiger partial charge in [-0.2, -0.15) is 0 Å². The first-order valence-corrected chi connectivity index (χ1v) is 22.4. The maximum atomic E-state index is 2.52. The zero-order valence-electron chi connectivity index (χ0n) is 35.0. The largest absolute Gasteiger partial charge is 0.310 e. The summed E-state index contributed by atoms with van der Waals surface area (Å²) in [5.74, 6) is 0. The maximum Gasteiger partial charge on any atom is 0.0755 e. The fraction of sp³-hybridized carbons (Fsp3) is 0.0323. The molecule has 64 heavy (non-hydrogen) atoms. The van der Waals surface area contributed by atoms with Crippen LogP contribution < -0.4 is 9.80 Å². The smallest absolute Gasteiger partial charge is 0.0755 e. The number of para-hydroxylation sites is 4. The molecule has 0 radical (unpaired) electrons. The van der Waals surface area contributed by atoms with Crippen molar-refractivity contribution in [1.82, 2.24) is 0 Å². The molecule has 14 rings (SSSR count). The lowest BCUT2D eigenvalue weighted by Crippen LogP contribution is -2.36. The summed E-state index contributed by atoms with van der Waals surface area (Å²) >= 11 is 0. The zero-order valence-corrected chi connectivity index (χ0v) is 35.0. The molecule has 0 amide bonds. The first-order valence-electron chi connectivity index (χ1n) is 22.4. The first-order chi connectivity index (χ1) is 31.8. The fourth-order valence-electron chi connectivity index (χ4n) is 12.4. The highest BCUT2D eigenvalue weighted by Gasteiger charge is 2.54. The molecule has 3 aliphatic carbocycles. The van der Waals surface area contributed by atoms with Crippen LogP contribution >= 0.6 is 0 Å². The molecule has 0 fully saturated rings.